The Bertz CT molecular complexity index is 246. The molecule has 6 heteroatoms. The van der Waals surface area contributed by atoms with Gasteiger partial charge in [0.25, 0.3) is 0 Å². The second-order valence-electron chi connectivity index (χ2n) is 3.97. The molecule has 0 rings (SSSR count). The molecule has 0 aromatic carbocycles. The lowest BCUT2D eigenvalue weighted by atomic mass is 10.1. The van der Waals surface area contributed by atoms with Gasteiger partial charge >= 0.3 is 12.1 Å². The number of nitrogens with zero attached hydrogens (tertiary/aromatic N) is 1. The number of hydrogen-bond acceptors (Lipinski definition) is 3. The molecular weight excluding hydrogens is 224 g/mol. The Morgan fingerprint density at radius 1 is 1.24 bits per heavy atom. The van der Waals surface area contributed by atoms with Crippen LogP contribution in [0.5, 0.6) is 0 Å². The highest BCUT2D eigenvalue weighted by molar-refractivity contribution is 5.79. The third-order valence-electron chi connectivity index (χ3n) is 2.59. The van der Waals surface area contributed by atoms with E-state index >= 15 is 0 Å². The van der Waals surface area contributed by atoms with E-state index in [1.165, 1.54) is 0 Å². The summed E-state index contributed by atoms with van der Waals surface area (Å²) < 4.78 is 0. The largest absolute Gasteiger partial charge is 0.480 e. The standard InChI is InChI=1S/C11H22N2O4/c1-2-3-8-13(11(16)17)9(10(14)15)6-4-5-7-12/h9H,2-8,12H2,1H3,(H,14,15)(H,16,17)/t9-/m0/s1. The number of hydrogen-bond donors (Lipinski definition) is 3. The quantitative estimate of drug-likeness (QED) is 0.533. The number of aliphatic carboxylic acids is 1. The smallest absolute Gasteiger partial charge is 0.408 e. The van der Waals surface area contributed by atoms with Gasteiger partial charge < -0.3 is 15.9 Å². The number of unbranched alkanes of at least 4 members (excludes halogenated alkanes) is 2. The predicted octanol–water partition coefficient (Wildman–Crippen LogP) is 1.35. The van der Waals surface area contributed by atoms with Crippen molar-refractivity contribution in [1.82, 2.24) is 4.90 Å². The molecule has 0 aliphatic rings. The first-order valence-electron chi connectivity index (χ1n) is 5.97. The molecule has 1 amide bonds. The summed E-state index contributed by atoms with van der Waals surface area (Å²) in [7, 11) is 0. The zero-order valence-corrected chi connectivity index (χ0v) is 10.3. The zero-order valence-electron chi connectivity index (χ0n) is 10.3. The van der Waals surface area contributed by atoms with Crippen molar-refractivity contribution in [3.05, 3.63) is 0 Å². The van der Waals surface area contributed by atoms with Crippen LogP contribution in [0.15, 0.2) is 0 Å². The van der Waals surface area contributed by atoms with Crippen molar-refractivity contribution in [3.8, 4) is 0 Å². The molecule has 4 N–H and O–H groups in total. The highest BCUT2D eigenvalue weighted by atomic mass is 16.4. The minimum Gasteiger partial charge on any atom is -0.480 e. The monoisotopic (exact) mass is 246 g/mol. The lowest BCUT2D eigenvalue weighted by molar-refractivity contribution is -0.143. The molecule has 0 aliphatic carbocycles. The summed E-state index contributed by atoms with van der Waals surface area (Å²) >= 11 is 0. The second kappa shape index (κ2) is 8.81. The third-order valence-corrected chi connectivity index (χ3v) is 2.59. The fourth-order valence-corrected chi connectivity index (χ4v) is 1.61. The molecule has 100 valence electrons. The molecular formula is C11H22N2O4. The maximum Gasteiger partial charge on any atom is 0.408 e. The minimum absolute atomic E-state index is 0.269. The molecule has 17 heavy (non-hydrogen) atoms. The molecule has 0 saturated heterocycles. The molecule has 6 nitrogen and oxygen atoms in total. The summed E-state index contributed by atoms with van der Waals surface area (Å²) in [6.45, 7) is 2.70. The van der Waals surface area contributed by atoms with Crippen LogP contribution in [0.3, 0.4) is 0 Å². The Hall–Kier alpha value is -1.30. The van der Waals surface area contributed by atoms with Gasteiger partial charge in [0, 0.05) is 6.54 Å². The fourth-order valence-electron chi connectivity index (χ4n) is 1.61. The van der Waals surface area contributed by atoms with E-state index in [2.05, 4.69) is 0 Å². The van der Waals surface area contributed by atoms with Gasteiger partial charge in [-0.1, -0.05) is 13.3 Å². The second-order valence-corrected chi connectivity index (χ2v) is 3.97. The van der Waals surface area contributed by atoms with Crippen LogP contribution in [0, 0.1) is 0 Å². The number of carboxylic acid groups (broad SMARTS) is 2. The van der Waals surface area contributed by atoms with Crippen LogP contribution in [0.2, 0.25) is 0 Å². The van der Waals surface area contributed by atoms with Crippen molar-refractivity contribution in [2.75, 3.05) is 13.1 Å². The topological polar surface area (TPSA) is 104 Å². The molecule has 0 heterocycles. The normalized spacial score (nSPS) is 12.1. The third kappa shape index (κ3) is 6.11. The number of carbonyl (C=O) groups is 2. The van der Waals surface area contributed by atoms with Crippen molar-refractivity contribution in [2.24, 2.45) is 5.73 Å². The Morgan fingerprint density at radius 2 is 1.88 bits per heavy atom. The van der Waals surface area contributed by atoms with Crippen LogP contribution in [-0.2, 0) is 4.79 Å². The van der Waals surface area contributed by atoms with Gasteiger partial charge in [-0.25, -0.2) is 9.59 Å². The summed E-state index contributed by atoms with van der Waals surface area (Å²) in [5.41, 5.74) is 5.33. The first-order chi connectivity index (χ1) is 8.04. The molecule has 0 aromatic heterocycles. The number of amides is 1. The zero-order chi connectivity index (χ0) is 13.3. The lowest BCUT2D eigenvalue weighted by Gasteiger charge is -2.26. The highest BCUT2D eigenvalue weighted by Gasteiger charge is 2.28. The summed E-state index contributed by atoms with van der Waals surface area (Å²) in [6, 6.07) is -0.953. The van der Waals surface area contributed by atoms with Gasteiger partial charge in [0.05, 0.1) is 0 Å². The molecule has 0 aromatic rings. The Morgan fingerprint density at radius 3 is 2.29 bits per heavy atom. The van der Waals surface area contributed by atoms with Crippen molar-refractivity contribution in [3.63, 3.8) is 0 Å². The van der Waals surface area contributed by atoms with Crippen LogP contribution in [0.25, 0.3) is 0 Å². The molecule has 1 atom stereocenters. The van der Waals surface area contributed by atoms with E-state index in [0.29, 0.717) is 32.2 Å². The van der Waals surface area contributed by atoms with Gasteiger partial charge in [-0.2, -0.15) is 0 Å². The predicted molar refractivity (Wildman–Crippen MR) is 64.0 cm³/mol. The SMILES string of the molecule is CCCCN(C(=O)O)[C@@H](CCCCN)C(=O)O. The van der Waals surface area contributed by atoms with E-state index in [1.54, 1.807) is 0 Å². The molecule has 0 radical (unpaired) electrons. The first kappa shape index (κ1) is 15.7. The molecule has 0 unspecified atom stereocenters. The van der Waals surface area contributed by atoms with Gasteiger partial charge in [-0.3, -0.25) is 4.90 Å². The summed E-state index contributed by atoms with van der Waals surface area (Å²) in [5.74, 6) is -1.08. The molecule has 0 spiro atoms. The van der Waals surface area contributed by atoms with Crippen LogP contribution in [0.4, 0.5) is 4.79 Å². The Labute approximate surface area is 101 Å². The first-order valence-corrected chi connectivity index (χ1v) is 5.97. The van der Waals surface area contributed by atoms with E-state index in [4.69, 9.17) is 15.9 Å². The van der Waals surface area contributed by atoms with E-state index in [-0.39, 0.29) is 6.54 Å². The van der Waals surface area contributed by atoms with Gasteiger partial charge in [-0.15, -0.1) is 0 Å². The summed E-state index contributed by atoms with van der Waals surface area (Å²) in [4.78, 5) is 23.1. The Kier molecular flexibility index (Phi) is 8.13. The average Bonchev–Trinajstić information content (AvgIpc) is 2.26. The highest BCUT2D eigenvalue weighted by Crippen LogP contribution is 2.11. The van der Waals surface area contributed by atoms with Crippen molar-refractivity contribution < 1.29 is 19.8 Å². The number of carboxylic acids is 1. The minimum atomic E-state index is -1.17. The average molecular weight is 246 g/mol. The number of rotatable bonds is 9. The Balaban J connectivity index is 4.48. The fraction of sp³-hybridized carbons (Fsp3) is 0.818. The summed E-state index contributed by atoms with van der Waals surface area (Å²) in [6.07, 6.45) is 2.00. The van der Waals surface area contributed by atoms with Crippen molar-refractivity contribution in [2.45, 2.75) is 45.1 Å². The van der Waals surface area contributed by atoms with Gasteiger partial charge in [0.15, 0.2) is 0 Å². The van der Waals surface area contributed by atoms with E-state index < -0.39 is 18.1 Å². The molecule has 0 saturated carbocycles. The van der Waals surface area contributed by atoms with E-state index in [1.807, 2.05) is 6.92 Å². The van der Waals surface area contributed by atoms with Crippen LogP contribution < -0.4 is 5.73 Å². The molecule has 0 fully saturated rings. The number of nitrogens with two attached hydrogens (primary N) is 1. The maximum atomic E-state index is 11.1. The van der Waals surface area contributed by atoms with Gasteiger partial charge in [0.1, 0.15) is 6.04 Å². The molecule has 0 bridgehead atoms. The maximum absolute atomic E-state index is 11.1. The van der Waals surface area contributed by atoms with Gasteiger partial charge in [-0.05, 0) is 32.2 Å². The van der Waals surface area contributed by atoms with Crippen molar-refractivity contribution in [1.29, 1.82) is 0 Å². The van der Waals surface area contributed by atoms with Crippen molar-refractivity contribution >= 4 is 12.1 Å². The molecule has 0 aliphatic heterocycles. The van der Waals surface area contributed by atoms with E-state index in [0.717, 1.165) is 11.3 Å². The van der Waals surface area contributed by atoms with Crippen LogP contribution in [-0.4, -0.2) is 46.3 Å². The van der Waals surface area contributed by atoms with Crippen LogP contribution in [0.1, 0.15) is 39.0 Å². The van der Waals surface area contributed by atoms with E-state index in [9.17, 15) is 9.59 Å². The summed E-state index contributed by atoms with van der Waals surface area (Å²) in [5, 5.41) is 18.1. The van der Waals surface area contributed by atoms with Gasteiger partial charge in [0.2, 0.25) is 0 Å². The lowest BCUT2D eigenvalue weighted by Crippen LogP contribution is -2.45. The van der Waals surface area contributed by atoms with Crippen LogP contribution >= 0.6 is 0 Å².